The first-order valence-corrected chi connectivity index (χ1v) is 14.8. The number of hydrogen-bond donors (Lipinski definition) is 0. The number of Topliss-reactive ketones (excluding diaryl/α,β-unsaturated/α-hetero) is 1. The maximum Gasteiger partial charge on any atom is 0.157 e. The first-order valence-electron chi connectivity index (χ1n) is 14.4. The van der Waals surface area contributed by atoms with Gasteiger partial charge in [0.1, 0.15) is 12.1 Å². The number of ether oxygens (including phenoxy) is 1. The summed E-state index contributed by atoms with van der Waals surface area (Å²) in [6, 6.07) is 5.60. The van der Waals surface area contributed by atoms with Gasteiger partial charge in [-0.15, -0.1) is 5.10 Å². The van der Waals surface area contributed by atoms with Gasteiger partial charge in [-0.2, -0.15) is 0 Å². The average Bonchev–Trinajstić information content (AvgIpc) is 3.42. The molecule has 1 aromatic heterocycles. The zero-order chi connectivity index (χ0) is 25.1. The number of benzene rings is 1. The molecule has 36 heavy (non-hydrogen) atoms. The smallest absolute Gasteiger partial charge is 0.157 e. The van der Waals surface area contributed by atoms with E-state index in [-0.39, 0.29) is 11.3 Å². The molecule has 4 fully saturated rings. The minimum absolute atomic E-state index is 0.111. The molecule has 0 bridgehead atoms. The van der Waals surface area contributed by atoms with Crippen LogP contribution < -0.4 is 0 Å². The molecule has 1 aromatic carbocycles. The van der Waals surface area contributed by atoms with Crippen molar-refractivity contribution in [3.05, 3.63) is 23.2 Å². The Kier molecular flexibility index (Phi) is 6.47. The quantitative estimate of drug-likeness (QED) is 0.420. The predicted octanol–water partition coefficient (Wildman–Crippen LogP) is 6.97. The lowest BCUT2D eigenvalue weighted by molar-refractivity contribution is -0.157. The van der Waals surface area contributed by atoms with E-state index in [0.29, 0.717) is 28.7 Å². The van der Waals surface area contributed by atoms with Crippen LogP contribution in [-0.2, 0) is 16.1 Å². The first kappa shape index (κ1) is 24.9. The van der Waals surface area contributed by atoms with Gasteiger partial charge in [0.15, 0.2) is 5.78 Å². The Labute approximate surface area is 220 Å². The predicted molar refractivity (Wildman–Crippen MR) is 143 cm³/mol. The van der Waals surface area contributed by atoms with Gasteiger partial charge in [-0.25, -0.2) is 4.68 Å². The number of aromatic nitrogens is 3. The largest absolute Gasteiger partial charge is 0.381 e. The third-order valence-electron chi connectivity index (χ3n) is 11.4. The molecule has 4 aliphatic rings. The molecule has 0 amide bonds. The molecule has 0 saturated heterocycles. The Morgan fingerprint density at radius 1 is 1.14 bits per heavy atom. The number of carbonyl (C=O) groups is 1. The molecule has 6 rings (SSSR count). The topological polar surface area (TPSA) is 57.0 Å². The second kappa shape index (κ2) is 9.38. The second-order valence-corrected chi connectivity index (χ2v) is 13.4. The number of rotatable bonds is 6. The molecule has 0 N–H and O–H groups in total. The summed E-state index contributed by atoms with van der Waals surface area (Å²) in [7, 11) is 0. The number of hydrogen-bond acceptors (Lipinski definition) is 4. The Balaban J connectivity index is 1.23. The van der Waals surface area contributed by atoms with Crippen LogP contribution in [0.4, 0.5) is 0 Å². The molecule has 0 spiro atoms. The molecule has 4 saturated carbocycles. The molecule has 2 aromatic rings. The maximum absolute atomic E-state index is 13.8. The summed E-state index contributed by atoms with van der Waals surface area (Å²) < 4.78 is 8.02. The van der Waals surface area contributed by atoms with Crippen LogP contribution in [0.15, 0.2) is 18.2 Å². The van der Waals surface area contributed by atoms with Gasteiger partial charge in [-0.05, 0) is 117 Å². The van der Waals surface area contributed by atoms with Gasteiger partial charge in [0.25, 0.3) is 0 Å². The van der Waals surface area contributed by atoms with Crippen LogP contribution >= 0.6 is 11.6 Å². The maximum atomic E-state index is 13.8. The summed E-state index contributed by atoms with van der Waals surface area (Å²) in [5.41, 5.74) is 2.12. The van der Waals surface area contributed by atoms with Gasteiger partial charge in [0, 0.05) is 17.5 Å². The molecule has 6 heteroatoms. The average molecular weight is 512 g/mol. The highest BCUT2D eigenvalue weighted by Crippen LogP contribution is 2.68. The van der Waals surface area contributed by atoms with Gasteiger partial charge in [0.2, 0.25) is 0 Å². The van der Waals surface area contributed by atoms with Crippen molar-refractivity contribution in [2.24, 2.45) is 46.3 Å². The monoisotopic (exact) mass is 511 g/mol. The van der Waals surface area contributed by atoms with Gasteiger partial charge in [-0.1, -0.05) is 37.1 Å². The molecule has 8 atom stereocenters. The van der Waals surface area contributed by atoms with Gasteiger partial charge in [0.05, 0.1) is 12.1 Å². The van der Waals surface area contributed by atoms with E-state index in [1.54, 1.807) is 4.68 Å². The van der Waals surface area contributed by atoms with Gasteiger partial charge < -0.3 is 4.74 Å². The molecule has 7 unspecified atom stereocenters. The first-order chi connectivity index (χ1) is 17.4. The summed E-state index contributed by atoms with van der Waals surface area (Å²) in [6.07, 6.45) is 11.5. The number of nitrogens with zero attached hydrogens (tertiary/aromatic N) is 3. The lowest BCUT2D eigenvalue weighted by atomic mass is 9.44. The highest BCUT2D eigenvalue weighted by molar-refractivity contribution is 6.31. The fraction of sp³-hybridized carbons (Fsp3) is 0.767. The SMILES string of the molecule is CCOCC12CC[C@H](C)CC1CCC1C3CCC(C(=O)Cn4nnc5cc(Cl)ccc54)C3(C)CCC12. The summed E-state index contributed by atoms with van der Waals surface area (Å²) in [5.74, 6) is 4.33. The third-order valence-corrected chi connectivity index (χ3v) is 11.6. The summed E-state index contributed by atoms with van der Waals surface area (Å²) >= 11 is 6.12. The molecule has 0 radical (unpaired) electrons. The standard InChI is InChI=1S/C30H42ClN3O2/c1-4-36-18-30-14-11-19(2)15-20(30)5-7-22-23-8-9-25(29(23,3)13-12-24(22)30)28(35)17-34-27-10-6-21(31)16-26(27)32-33-34/h6,10,16,19-20,22-25H,4-5,7-9,11-15,17-18H2,1-3H3/t19-,20?,22?,23?,24?,25?,29?,30?/m0/s1. The van der Waals surface area contributed by atoms with Crippen LogP contribution in [-0.4, -0.2) is 34.0 Å². The van der Waals surface area contributed by atoms with E-state index in [4.69, 9.17) is 16.3 Å². The van der Waals surface area contributed by atoms with Crippen LogP contribution in [0, 0.1) is 46.3 Å². The van der Waals surface area contributed by atoms with Crippen molar-refractivity contribution in [1.29, 1.82) is 0 Å². The van der Waals surface area contributed by atoms with Crippen molar-refractivity contribution in [3.8, 4) is 0 Å². The molecular weight excluding hydrogens is 470 g/mol. The number of ketones is 1. The fourth-order valence-corrected chi connectivity index (χ4v) is 9.85. The highest BCUT2D eigenvalue weighted by Gasteiger charge is 2.62. The van der Waals surface area contributed by atoms with Gasteiger partial charge in [-0.3, -0.25) is 4.79 Å². The zero-order valence-electron chi connectivity index (χ0n) is 22.2. The Morgan fingerprint density at radius 3 is 2.83 bits per heavy atom. The van der Waals surface area contributed by atoms with E-state index in [0.717, 1.165) is 54.3 Å². The van der Waals surface area contributed by atoms with Crippen LogP contribution in [0.5, 0.6) is 0 Å². The number of carbonyl (C=O) groups excluding carboxylic acids is 1. The fourth-order valence-electron chi connectivity index (χ4n) is 9.69. The van der Waals surface area contributed by atoms with Crippen molar-refractivity contribution in [3.63, 3.8) is 0 Å². The molecule has 1 heterocycles. The number of halogens is 1. The Bertz CT molecular complexity index is 1130. The lowest BCUT2D eigenvalue weighted by Gasteiger charge is -2.62. The van der Waals surface area contributed by atoms with Crippen LogP contribution in [0.1, 0.15) is 78.6 Å². The van der Waals surface area contributed by atoms with Crippen molar-refractivity contribution in [2.45, 2.75) is 85.1 Å². The molecule has 0 aliphatic heterocycles. The third kappa shape index (κ3) is 3.86. The van der Waals surface area contributed by atoms with Crippen molar-refractivity contribution in [1.82, 2.24) is 15.0 Å². The van der Waals surface area contributed by atoms with Crippen molar-refractivity contribution >= 4 is 28.4 Å². The number of fused-ring (bicyclic) bond motifs is 6. The minimum atomic E-state index is 0.111. The summed E-state index contributed by atoms with van der Waals surface area (Å²) in [5, 5.41) is 9.20. The van der Waals surface area contributed by atoms with E-state index in [2.05, 4.69) is 31.1 Å². The molecular formula is C30H42ClN3O2. The lowest BCUT2D eigenvalue weighted by Crippen LogP contribution is -2.56. The van der Waals surface area contributed by atoms with Crippen LogP contribution in [0.2, 0.25) is 5.02 Å². The highest BCUT2D eigenvalue weighted by atomic mass is 35.5. The molecule has 5 nitrogen and oxygen atoms in total. The summed E-state index contributed by atoms with van der Waals surface area (Å²) in [4.78, 5) is 13.8. The second-order valence-electron chi connectivity index (χ2n) is 12.9. The van der Waals surface area contributed by atoms with Crippen LogP contribution in [0.3, 0.4) is 0 Å². The normalized spacial score (nSPS) is 40.0. The Hall–Kier alpha value is -1.46. The zero-order valence-corrected chi connectivity index (χ0v) is 23.0. The van der Waals surface area contributed by atoms with E-state index in [1.807, 2.05) is 18.2 Å². The minimum Gasteiger partial charge on any atom is -0.381 e. The Morgan fingerprint density at radius 2 is 2.00 bits per heavy atom. The molecule has 4 aliphatic carbocycles. The van der Waals surface area contributed by atoms with Crippen molar-refractivity contribution < 1.29 is 9.53 Å². The van der Waals surface area contributed by atoms with E-state index in [9.17, 15) is 4.79 Å². The van der Waals surface area contributed by atoms with E-state index >= 15 is 0 Å². The van der Waals surface area contributed by atoms with E-state index < -0.39 is 0 Å². The van der Waals surface area contributed by atoms with Gasteiger partial charge >= 0.3 is 0 Å². The van der Waals surface area contributed by atoms with E-state index in [1.165, 1.54) is 51.4 Å². The molecule has 196 valence electrons. The summed E-state index contributed by atoms with van der Waals surface area (Å²) in [6.45, 7) is 9.14. The van der Waals surface area contributed by atoms with Crippen LogP contribution in [0.25, 0.3) is 11.0 Å². The van der Waals surface area contributed by atoms with Crippen molar-refractivity contribution in [2.75, 3.05) is 13.2 Å².